The highest BCUT2D eigenvalue weighted by Gasteiger charge is 2.41. The Kier molecular flexibility index (Phi) is 12.2. The van der Waals surface area contributed by atoms with Crippen LogP contribution in [0, 0.1) is 13.8 Å². The van der Waals surface area contributed by atoms with E-state index in [9.17, 15) is 9.13 Å². The van der Waals surface area contributed by atoms with E-state index in [4.69, 9.17) is 27.6 Å². The molecule has 0 fully saturated rings. The lowest BCUT2D eigenvalue weighted by atomic mass is 9.93. The van der Waals surface area contributed by atoms with Gasteiger partial charge in [0.1, 0.15) is 23.0 Å². The van der Waals surface area contributed by atoms with E-state index in [1.54, 1.807) is 14.2 Å². The van der Waals surface area contributed by atoms with Gasteiger partial charge in [-0.05, 0) is 87.4 Å². The summed E-state index contributed by atoms with van der Waals surface area (Å²) in [5.74, 6) is 2.63. The zero-order valence-electron chi connectivity index (χ0n) is 33.4. The van der Waals surface area contributed by atoms with E-state index >= 15 is 0 Å². The molecule has 296 valence electrons. The first-order valence-corrected chi connectivity index (χ1v) is 22.2. The predicted octanol–water partition coefficient (Wildman–Crippen LogP) is 11.6. The monoisotopic (exact) mass is 812 g/mol. The van der Waals surface area contributed by atoms with Crippen molar-refractivity contribution in [3.63, 3.8) is 0 Å². The van der Waals surface area contributed by atoms with E-state index in [-0.39, 0.29) is 0 Å². The molecule has 0 spiro atoms. The van der Waals surface area contributed by atoms with Gasteiger partial charge in [0.2, 0.25) is 0 Å². The molecule has 2 unspecified atom stereocenters. The van der Waals surface area contributed by atoms with Crippen molar-refractivity contribution < 1.29 is 36.7 Å². The van der Waals surface area contributed by atoms with Gasteiger partial charge in [0.05, 0.1) is 38.0 Å². The molecule has 0 N–H and O–H groups in total. The highest BCUT2D eigenvalue weighted by atomic mass is 31.2. The maximum absolute atomic E-state index is 13.7. The molecule has 0 aliphatic carbocycles. The SMILES string of the molecule is CCOP1(=O)OC(c2ccc(C)cc2)=C(c2ccc(OC)cc2)c2ccccc21.CCOP1(=O)OC(c2ccc(OC)cc2)=C(c2ccc(C)cc2)c2ccccc21. The Hall–Kier alpha value is -5.62. The Bertz CT molecular complexity index is 2560. The zero-order chi connectivity index (χ0) is 40.9. The van der Waals surface area contributed by atoms with E-state index in [2.05, 4.69) is 31.2 Å². The summed E-state index contributed by atoms with van der Waals surface area (Å²) < 4.78 is 61.6. The van der Waals surface area contributed by atoms with Crippen LogP contribution in [0.4, 0.5) is 0 Å². The molecule has 0 amide bonds. The van der Waals surface area contributed by atoms with Crippen molar-refractivity contribution in [3.8, 4) is 11.5 Å². The van der Waals surface area contributed by atoms with E-state index in [0.717, 1.165) is 61.6 Å². The summed E-state index contributed by atoms with van der Waals surface area (Å²) in [6.45, 7) is 8.31. The number of methoxy groups -OCH3 is 2. The Morgan fingerprint density at radius 3 is 1.14 bits per heavy atom. The van der Waals surface area contributed by atoms with Crippen LogP contribution in [0.25, 0.3) is 22.7 Å². The third-order valence-corrected chi connectivity index (χ3v) is 13.8. The van der Waals surface area contributed by atoms with Gasteiger partial charge in [0.25, 0.3) is 0 Å². The van der Waals surface area contributed by atoms with Crippen molar-refractivity contribution in [2.75, 3.05) is 27.4 Å². The summed E-state index contributed by atoms with van der Waals surface area (Å²) in [6.07, 6.45) is 0. The average Bonchev–Trinajstić information content (AvgIpc) is 3.25. The second-order valence-corrected chi connectivity index (χ2v) is 17.5. The van der Waals surface area contributed by atoms with Gasteiger partial charge in [-0.15, -0.1) is 0 Å². The summed E-state index contributed by atoms with van der Waals surface area (Å²) in [6, 6.07) is 46.8. The minimum absolute atomic E-state index is 0.293. The number of aryl methyl sites for hydroxylation is 2. The van der Waals surface area contributed by atoms with Crippen molar-refractivity contribution in [1.82, 2.24) is 0 Å². The number of rotatable bonds is 10. The summed E-state index contributed by atoms with van der Waals surface area (Å²) in [5.41, 5.74) is 9.45. The van der Waals surface area contributed by atoms with Gasteiger partial charge in [-0.25, -0.2) is 9.13 Å². The smallest absolute Gasteiger partial charge is 0.411 e. The number of benzene rings is 6. The molecular weight excluding hydrogens is 766 g/mol. The maximum atomic E-state index is 13.7. The topological polar surface area (TPSA) is 89.5 Å². The molecule has 2 atom stereocenters. The van der Waals surface area contributed by atoms with Gasteiger partial charge in [-0.3, -0.25) is 9.05 Å². The summed E-state index contributed by atoms with van der Waals surface area (Å²) >= 11 is 0. The van der Waals surface area contributed by atoms with E-state index in [1.165, 1.54) is 5.56 Å². The Balaban J connectivity index is 0.000000177. The summed E-state index contributed by atoms with van der Waals surface area (Å²) in [5, 5.41) is 1.18. The fourth-order valence-corrected chi connectivity index (χ4v) is 10.6. The zero-order valence-corrected chi connectivity index (χ0v) is 35.2. The lowest BCUT2D eigenvalue weighted by molar-refractivity contribution is 0.278. The highest BCUT2D eigenvalue weighted by molar-refractivity contribution is 7.63. The normalized spacial score (nSPS) is 18.2. The van der Waals surface area contributed by atoms with Gasteiger partial charge < -0.3 is 18.5 Å². The van der Waals surface area contributed by atoms with Crippen molar-refractivity contribution in [1.29, 1.82) is 0 Å². The molecule has 6 aromatic rings. The Labute approximate surface area is 340 Å². The van der Waals surface area contributed by atoms with Gasteiger partial charge in [-0.1, -0.05) is 108 Å². The fourth-order valence-electron chi connectivity index (χ4n) is 6.95. The van der Waals surface area contributed by atoms with Crippen molar-refractivity contribution in [2.24, 2.45) is 0 Å². The second kappa shape index (κ2) is 17.5. The third-order valence-electron chi connectivity index (χ3n) is 9.80. The van der Waals surface area contributed by atoms with Gasteiger partial charge >= 0.3 is 15.2 Å². The Morgan fingerprint density at radius 1 is 0.448 bits per heavy atom. The van der Waals surface area contributed by atoms with Crippen LogP contribution in [0.3, 0.4) is 0 Å². The average molecular weight is 813 g/mol. The molecule has 2 heterocycles. The van der Waals surface area contributed by atoms with Crippen LogP contribution in [0.1, 0.15) is 58.4 Å². The standard InChI is InChI=1S/2C24H23O4P/c1-4-27-29(25)22-8-6-5-7-21(22)23(18-13-15-20(26-3)16-14-18)24(28-29)19-11-9-17(2)10-12-19;1-4-27-29(25)22-8-6-5-7-21(22)23(18-11-9-17(2)10-12-18)24(28-29)19-13-15-20(26-3)16-14-19/h2*5-16H,4H2,1-3H3. The molecule has 0 aromatic heterocycles. The van der Waals surface area contributed by atoms with Crippen LogP contribution in [-0.2, 0) is 27.2 Å². The van der Waals surface area contributed by atoms with Crippen LogP contribution < -0.4 is 20.1 Å². The van der Waals surface area contributed by atoms with Crippen LogP contribution in [0.2, 0.25) is 0 Å². The lowest BCUT2D eigenvalue weighted by Gasteiger charge is -2.30. The number of hydrogen-bond donors (Lipinski definition) is 0. The van der Waals surface area contributed by atoms with Gasteiger partial charge in [0.15, 0.2) is 0 Å². The molecule has 58 heavy (non-hydrogen) atoms. The Morgan fingerprint density at radius 2 is 0.776 bits per heavy atom. The largest absolute Gasteiger partial charge is 0.497 e. The molecule has 2 aliphatic heterocycles. The van der Waals surface area contributed by atoms with E-state index in [0.29, 0.717) is 35.3 Å². The molecule has 2 aliphatic rings. The molecule has 0 saturated carbocycles. The first-order valence-electron chi connectivity index (χ1n) is 19.1. The van der Waals surface area contributed by atoms with Gasteiger partial charge in [0, 0.05) is 33.4 Å². The molecule has 0 bridgehead atoms. The summed E-state index contributed by atoms with van der Waals surface area (Å²) in [7, 11) is -3.72. The molecule has 8 rings (SSSR count). The molecule has 0 saturated heterocycles. The highest BCUT2D eigenvalue weighted by Crippen LogP contribution is 2.59. The number of ether oxygens (including phenoxy) is 2. The number of fused-ring (bicyclic) bond motifs is 2. The quantitative estimate of drug-likeness (QED) is 0.126. The first-order chi connectivity index (χ1) is 28.1. The van der Waals surface area contributed by atoms with Crippen LogP contribution in [-0.4, -0.2) is 27.4 Å². The molecule has 10 heteroatoms. The third kappa shape index (κ3) is 8.20. The molecule has 8 nitrogen and oxygen atoms in total. The minimum atomic E-state index is -3.50. The second-order valence-electron chi connectivity index (χ2n) is 13.6. The van der Waals surface area contributed by atoms with Crippen molar-refractivity contribution in [3.05, 3.63) is 190 Å². The first kappa shape index (κ1) is 40.6. The van der Waals surface area contributed by atoms with E-state index in [1.807, 2.05) is 142 Å². The van der Waals surface area contributed by atoms with Crippen LogP contribution >= 0.6 is 15.2 Å². The van der Waals surface area contributed by atoms with Crippen LogP contribution in [0.5, 0.6) is 11.5 Å². The van der Waals surface area contributed by atoms with Crippen LogP contribution in [0.15, 0.2) is 146 Å². The summed E-state index contributed by atoms with van der Waals surface area (Å²) in [4.78, 5) is 0. The number of hydrogen-bond acceptors (Lipinski definition) is 8. The fraction of sp³-hybridized carbons (Fsp3) is 0.167. The maximum Gasteiger partial charge on any atom is 0.411 e. The molecule has 0 radical (unpaired) electrons. The van der Waals surface area contributed by atoms with Crippen molar-refractivity contribution >= 4 is 48.5 Å². The van der Waals surface area contributed by atoms with E-state index < -0.39 is 15.2 Å². The predicted molar refractivity (Wildman–Crippen MR) is 233 cm³/mol. The van der Waals surface area contributed by atoms with Crippen molar-refractivity contribution in [2.45, 2.75) is 27.7 Å². The lowest BCUT2D eigenvalue weighted by Crippen LogP contribution is -2.20. The molecular formula is C48H46O8P2. The van der Waals surface area contributed by atoms with Gasteiger partial charge in [-0.2, -0.15) is 0 Å². The molecule has 6 aromatic carbocycles. The minimum Gasteiger partial charge on any atom is -0.497 e.